The number of nitrogens with one attached hydrogen (secondary N) is 2. The smallest absolute Gasteiger partial charge is 0.341 e. The Morgan fingerprint density at radius 3 is 2.57 bits per heavy atom. The van der Waals surface area contributed by atoms with Crippen LogP contribution in [-0.4, -0.2) is 17.7 Å². The molecule has 1 aromatic heterocycles. The summed E-state index contributed by atoms with van der Waals surface area (Å²) >= 11 is 13.0. The van der Waals surface area contributed by atoms with Crippen LogP contribution in [0.5, 0.6) is 0 Å². The Morgan fingerprint density at radius 2 is 1.86 bits per heavy atom. The Hall–Kier alpha value is -2.41. The average Bonchev–Trinajstić information content (AvgIpc) is 3.12. The van der Waals surface area contributed by atoms with Gasteiger partial charge in [0, 0.05) is 16.4 Å². The van der Waals surface area contributed by atoms with Crippen molar-refractivity contribution in [2.45, 2.75) is 13.5 Å². The molecule has 0 radical (unpaired) electrons. The fraction of sp³-hybridized carbons (Fsp3) is 0.143. The van der Waals surface area contributed by atoms with Gasteiger partial charge < -0.3 is 15.4 Å². The van der Waals surface area contributed by atoms with E-state index >= 15 is 0 Å². The number of hydrogen-bond acceptors (Lipinski definition) is 4. The number of thiophene rings is 1. The molecule has 0 saturated heterocycles. The van der Waals surface area contributed by atoms with Crippen molar-refractivity contribution in [2.24, 2.45) is 0 Å². The summed E-state index contributed by atoms with van der Waals surface area (Å²) in [5.74, 6) is -0.377. The zero-order chi connectivity index (χ0) is 19.9. The van der Waals surface area contributed by atoms with E-state index in [2.05, 4.69) is 10.6 Å². The van der Waals surface area contributed by atoms with E-state index in [9.17, 15) is 4.79 Å². The predicted octanol–water partition coefficient (Wildman–Crippen LogP) is 5.73. The summed E-state index contributed by atoms with van der Waals surface area (Å²) in [5, 5.41) is 7.98. The highest BCUT2D eigenvalue weighted by molar-refractivity contribution is 7.80. The van der Waals surface area contributed by atoms with Gasteiger partial charge >= 0.3 is 5.97 Å². The number of esters is 1. The molecule has 144 valence electrons. The number of benzene rings is 2. The molecule has 0 spiro atoms. The molecule has 2 aromatic carbocycles. The van der Waals surface area contributed by atoms with Crippen LogP contribution in [0.25, 0.3) is 10.4 Å². The van der Waals surface area contributed by atoms with E-state index in [1.807, 2.05) is 60.7 Å². The fourth-order valence-electron chi connectivity index (χ4n) is 2.55. The van der Waals surface area contributed by atoms with Crippen molar-refractivity contribution < 1.29 is 9.53 Å². The second-order valence-electron chi connectivity index (χ2n) is 5.84. The average molecular weight is 431 g/mol. The summed E-state index contributed by atoms with van der Waals surface area (Å²) in [6.07, 6.45) is 0. The van der Waals surface area contributed by atoms with Crippen molar-refractivity contribution in [3.63, 3.8) is 0 Å². The van der Waals surface area contributed by atoms with E-state index in [-0.39, 0.29) is 5.97 Å². The Bertz CT molecular complexity index is 974. The van der Waals surface area contributed by atoms with Gasteiger partial charge in [-0.3, -0.25) is 0 Å². The Morgan fingerprint density at radius 1 is 1.14 bits per heavy atom. The van der Waals surface area contributed by atoms with Crippen molar-refractivity contribution in [3.05, 3.63) is 76.8 Å². The van der Waals surface area contributed by atoms with Gasteiger partial charge in [-0.2, -0.15) is 0 Å². The maximum Gasteiger partial charge on any atom is 0.341 e. The molecule has 0 aliphatic heterocycles. The van der Waals surface area contributed by atoms with Crippen LogP contribution in [0.3, 0.4) is 0 Å². The van der Waals surface area contributed by atoms with Crippen molar-refractivity contribution in [1.29, 1.82) is 0 Å². The molecular weight excluding hydrogens is 412 g/mol. The van der Waals surface area contributed by atoms with Crippen LogP contribution in [0.1, 0.15) is 22.8 Å². The number of anilines is 1. The van der Waals surface area contributed by atoms with Crippen LogP contribution in [0.4, 0.5) is 5.00 Å². The molecular formula is C21H19ClN2O2S2. The van der Waals surface area contributed by atoms with Crippen LogP contribution in [-0.2, 0) is 11.3 Å². The second-order valence-corrected chi connectivity index (χ2v) is 7.71. The van der Waals surface area contributed by atoms with E-state index < -0.39 is 0 Å². The number of carbonyl (C=O) groups is 1. The van der Waals surface area contributed by atoms with Gasteiger partial charge in [0.25, 0.3) is 0 Å². The van der Waals surface area contributed by atoms with Crippen molar-refractivity contribution in [3.8, 4) is 10.4 Å². The third kappa shape index (κ3) is 5.10. The quantitative estimate of drug-likeness (QED) is 0.386. The largest absolute Gasteiger partial charge is 0.462 e. The van der Waals surface area contributed by atoms with E-state index in [0.29, 0.717) is 33.9 Å². The number of carbonyl (C=O) groups excluding carboxylic acids is 1. The minimum Gasteiger partial charge on any atom is -0.462 e. The van der Waals surface area contributed by atoms with Gasteiger partial charge in [-0.25, -0.2) is 4.79 Å². The molecule has 0 bridgehead atoms. The molecule has 3 aromatic rings. The van der Waals surface area contributed by atoms with E-state index in [1.54, 1.807) is 6.92 Å². The molecule has 4 nitrogen and oxygen atoms in total. The Labute approximate surface area is 178 Å². The van der Waals surface area contributed by atoms with Crippen LogP contribution >= 0.6 is 35.2 Å². The summed E-state index contributed by atoms with van der Waals surface area (Å²) in [6.45, 7) is 2.58. The minimum atomic E-state index is -0.377. The number of rotatable bonds is 6. The number of halogens is 1. The lowest BCUT2D eigenvalue weighted by molar-refractivity contribution is 0.0528. The lowest BCUT2D eigenvalue weighted by Gasteiger charge is -2.11. The Kier molecular flexibility index (Phi) is 7.03. The summed E-state index contributed by atoms with van der Waals surface area (Å²) in [6, 6.07) is 19.3. The lowest BCUT2D eigenvalue weighted by Crippen LogP contribution is -2.28. The molecule has 0 aliphatic rings. The van der Waals surface area contributed by atoms with Crippen molar-refractivity contribution in [2.75, 3.05) is 11.9 Å². The molecule has 1 heterocycles. The molecule has 7 heteroatoms. The molecule has 0 saturated carbocycles. The summed E-state index contributed by atoms with van der Waals surface area (Å²) < 4.78 is 5.19. The minimum absolute atomic E-state index is 0.310. The molecule has 28 heavy (non-hydrogen) atoms. The van der Waals surface area contributed by atoms with Gasteiger partial charge in [0.15, 0.2) is 5.11 Å². The van der Waals surface area contributed by atoms with Crippen LogP contribution in [0.15, 0.2) is 60.7 Å². The molecule has 0 unspecified atom stereocenters. The molecule has 3 rings (SSSR count). The third-order valence-electron chi connectivity index (χ3n) is 3.91. The summed E-state index contributed by atoms with van der Waals surface area (Å²) in [4.78, 5) is 13.3. The number of thiocarbonyl (C=S) groups is 1. The highest BCUT2D eigenvalue weighted by atomic mass is 35.5. The van der Waals surface area contributed by atoms with Gasteiger partial charge in [-0.1, -0.05) is 60.1 Å². The predicted molar refractivity (Wildman–Crippen MR) is 120 cm³/mol. The normalized spacial score (nSPS) is 10.4. The van der Waals surface area contributed by atoms with E-state index in [4.69, 9.17) is 28.6 Å². The maximum absolute atomic E-state index is 12.4. The van der Waals surface area contributed by atoms with Gasteiger partial charge in [-0.05, 0) is 42.4 Å². The maximum atomic E-state index is 12.4. The molecule has 2 N–H and O–H groups in total. The first-order valence-corrected chi connectivity index (χ1v) is 10.3. The second kappa shape index (κ2) is 9.68. The zero-order valence-electron chi connectivity index (χ0n) is 15.2. The monoisotopic (exact) mass is 430 g/mol. The summed E-state index contributed by atoms with van der Waals surface area (Å²) in [5.41, 5.74) is 2.43. The molecule has 0 aliphatic carbocycles. The van der Waals surface area contributed by atoms with Crippen LogP contribution in [0, 0.1) is 0 Å². The van der Waals surface area contributed by atoms with Crippen molar-refractivity contribution in [1.82, 2.24) is 5.32 Å². The lowest BCUT2D eigenvalue weighted by atomic mass is 10.1. The SMILES string of the molecule is CCOC(=O)c1cc(-c2ccccc2)sc1NC(=S)NCc1ccccc1Cl. The van der Waals surface area contributed by atoms with Crippen LogP contribution < -0.4 is 10.6 Å². The molecule has 0 amide bonds. The molecule has 0 fully saturated rings. The highest BCUT2D eigenvalue weighted by Crippen LogP contribution is 2.35. The van der Waals surface area contributed by atoms with Gasteiger partial charge in [-0.15, -0.1) is 11.3 Å². The highest BCUT2D eigenvalue weighted by Gasteiger charge is 2.19. The third-order valence-corrected chi connectivity index (χ3v) is 5.62. The zero-order valence-corrected chi connectivity index (χ0v) is 17.6. The van der Waals surface area contributed by atoms with Gasteiger partial charge in [0.2, 0.25) is 0 Å². The topological polar surface area (TPSA) is 50.4 Å². The van der Waals surface area contributed by atoms with E-state index in [1.165, 1.54) is 11.3 Å². The first-order chi connectivity index (χ1) is 13.6. The van der Waals surface area contributed by atoms with Gasteiger partial charge in [0.1, 0.15) is 5.00 Å². The molecule has 0 atom stereocenters. The standard InChI is InChI=1S/C21H19ClN2O2S2/c1-2-26-20(25)16-12-18(14-8-4-3-5-9-14)28-19(16)24-21(27)23-13-15-10-6-7-11-17(15)22/h3-12H,2,13H2,1H3,(H2,23,24,27). The fourth-order valence-corrected chi connectivity index (χ4v) is 4.05. The van der Waals surface area contributed by atoms with Crippen molar-refractivity contribution >= 4 is 51.2 Å². The number of hydrogen-bond donors (Lipinski definition) is 2. The number of ether oxygens (including phenoxy) is 1. The first-order valence-electron chi connectivity index (χ1n) is 8.73. The Balaban J connectivity index is 1.77. The van der Waals surface area contributed by atoms with Crippen LogP contribution in [0.2, 0.25) is 5.02 Å². The summed E-state index contributed by atoms with van der Waals surface area (Å²) in [7, 11) is 0. The van der Waals surface area contributed by atoms with Gasteiger partial charge in [0.05, 0.1) is 12.2 Å². The van der Waals surface area contributed by atoms with E-state index in [0.717, 1.165) is 16.0 Å². The first kappa shape index (κ1) is 20.3.